The van der Waals surface area contributed by atoms with Crippen LogP contribution in [0, 0.1) is 5.92 Å². The number of ether oxygens (including phenoxy) is 2. The second-order valence-electron chi connectivity index (χ2n) is 8.16. The number of nitrogens with one attached hydrogen (secondary N) is 1. The Morgan fingerprint density at radius 3 is 2.74 bits per heavy atom. The van der Waals surface area contributed by atoms with E-state index in [1.54, 1.807) is 30.6 Å². The van der Waals surface area contributed by atoms with E-state index in [1.807, 2.05) is 12.1 Å². The van der Waals surface area contributed by atoms with Gasteiger partial charge in [0.2, 0.25) is 5.91 Å². The van der Waals surface area contributed by atoms with E-state index in [0.29, 0.717) is 36.6 Å². The van der Waals surface area contributed by atoms with Crippen LogP contribution in [0.2, 0.25) is 0 Å². The number of aromatic nitrogens is 2. The SMILES string of the molecule is COc1ccc(NC(=O)C2CCCN(c3ncccc3C(F)(F)F)C2)cc1OCc1cccnc1. The topological polar surface area (TPSA) is 76.6 Å². The zero-order chi connectivity index (χ0) is 24.8. The van der Waals surface area contributed by atoms with Crippen molar-refractivity contribution in [3.05, 3.63) is 72.2 Å². The molecule has 1 unspecified atom stereocenters. The first-order chi connectivity index (χ1) is 16.8. The van der Waals surface area contributed by atoms with E-state index < -0.39 is 17.7 Å². The summed E-state index contributed by atoms with van der Waals surface area (Å²) in [5.41, 5.74) is 0.577. The second-order valence-corrected chi connectivity index (χ2v) is 8.16. The molecule has 0 saturated carbocycles. The number of halogens is 3. The summed E-state index contributed by atoms with van der Waals surface area (Å²) in [7, 11) is 1.52. The highest BCUT2D eigenvalue weighted by molar-refractivity contribution is 5.93. The number of rotatable bonds is 7. The first-order valence-electron chi connectivity index (χ1n) is 11.1. The van der Waals surface area contributed by atoms with Crippen LogP contribution in [0.5, 0.6) is 11.5 Å². The Kier molecular flexibility index (Phi) is 7.38. The molecule has 0 aliphatic carbocycles. The summed E-state index contributed by atoms with van der Waals surface area (Å²) in [4.78, 5) is 22.6. The number of hydrogen-bond donors (Lipinski definition) is 1. The van der Waals surface area contributed by atoms with Crippen molar-refractivity contribution in [2.24, 2.45) is 5.92 Å². The van der Waals surface area contributed by atoms with Gasteiger partial charge >= 0.3 is 6.18 Å². The summed E-state index contributed by atoms with van der Waals surface area (Å²) in [5, 5.41) is 2.86. The van der Waals surface area contributed by atoms with Crippen molar-refractivity contribution in [1.82, 2.24) is 9.97 Å². The van der Waals surface area contributed by atoms with Gasteiger partial charge in [0.05, 0.1) is 18.6 Å². The number of alkyl halides is 3. The first-order valence-corrected chi connectivity index (χ1v) is 11.1. The molecular formula is C25H25F3N4O3. The Labute approximate surface area is 200 Å². The van der Waals surface area contributed by atoms with Crippen LogP contribution in [0.1, 0.15) is 24.0 Å². The highest BCUT2D eigenvalue weighted by atomic mass is 19.4. The van der Waals surface area contributed by atoms with Gasteiger partial charge in [0.15, 0.2) is 11.5 Å². The van der Waals surface area contributed by atoms with Gasteiger partial charge in [0.1, 0.15) is 12.4 Å². The van der Waals surface area contributed by atoms with Crippen LogP contribution in [0.3, 0.4) is 0 Å². The standard InChI is InChI=1S/C25H25F3N4O3/c1-34-21-9-8-19(13-22(21)35-16-17-5-2-10-29-14-17)31-24(33)18-6-4-12-32(15-18)23-20(25(26,27)28)7-3-11-30-23/h2-3,5,7-11,13-14,18H,4,6,12,15-16H2,1H3,(H,31,33). The number of carbonyl (C=O) groups excluding carboxylic acids is 1. The van der Waals surface area contributed by atoms with Crippen molar-refractivity contribution >= 4 is 17.4 Å². The van der Waals surface area contributed by atoms with Gasteiger partial charge < -0.3 is 19.7 Å². The van der Waals surface area contributed by atoms with E-state index in [2.05, 4.69) is 15.3 Å². The molecule has 1 aromatic carbocycles. The molecule has 1 aliphatic heterocycles. The fourth-order valence-electron chi connectivity index (χ4n) is 4.01. The largest absolute Gasteiger partial charge is 0.493 e. The Bertz CT molecular complexity index is 1160. The van der Waals surface area contributed by atoms with E-state index in [0.717, 1.165) is 11.6 Å². The molecule has 35 heavy (non-hydrogen) atoms. The van der Waals surface area contributed by atoms with Crippen molar-refractivity contribution in [3.8, 4) is 11.5 Å². The van der Waals surface area contributed by atoms with Crippen LogP contribution in [-0.2, 0) is 17.6 Å². The van der Waals surface area contributed by atoms with Crippen molar-refractivity contribution in [3.63, 3.8) is 0 Å². The summed E-state index contributed by atoms with van der Waals surface area (Å²) < 4.78 is 51.6. The van der Waals surface area contributed by atoms with Gasteiger partial charge in [-0.3, -0.25) is 9.78 Å². The minimum absolute atomic E-state index is 0.145. The van der Waals surface area contributed by atoms with Crippen LogP contribution in [0.25, 0.3) is 0 Å². The highest BCUT2D eigenvalue weighted by Gasteiger charge is 2.37. The molecule has 1 saturated heterocycles. The van der Waals surface area contributed by atoms with Crippen LogP contribution in [0.4, 0.5) is 24.7 Å². The molecule has 3 aromatic rings. The van der Waals surface area contributed by atoms with Crippen molar-refractivity contribution in [2.75, 3.05) is 30.4 Å². The lowest BCUT2D eigenvalue weighted by molar-refractivity contribution is -0.137. The molecule has 0 bridgehead atoms. The molecule has 0 radical (unpaired) electrons. The molecule has 7 nitrogen and oxygen atoms in total. The van der Waals surface area contributed by atoms with Gasteiger partial charge in [-0.25, -0.2) is 4.98 Å². The number of methoxy groups -OCH3 is 1. The number of carbonyl (C=O) groups is 1. The van der Waals surface area contributed by atoms with Gasteiger partial charge in [0.25, 0.3) is 0 Å². The summed E-state index contributed by atoms with van der Waals surface area (Å²) in [5.74, 6) is 0.0394. The molecule has 184 valence electrons. The maximum Gasteiger partial charge on any atom is 0.419 e. The summed E-state index contributed by atoms with van der Waals surface area (Å²) in [6.07, 6.45) is 1.32. The lowest BCUT2D eigenvalue weighted by atomic mass is 9.96. The number of benzene rings is 1. The molecule has 1 amide bonds. The number of pyridine rings is 2. The van der Waals surface area contributed by atoms with Crippen LogP contribution in [0.15, 0.2) is 61.1 Å². The van der Waals surface area contributed by atoms with Crippen LogP contribution < -0.4 is 19.7 Å². The Morgan fingerprint density at radius 1 is 1.17 bits per heavy atom. The Morgan fingerprint density at radius 2 is 2.00 bits per heavy atom. The number of piperidine rings is 1. The molecular weight excluding hydrogens is 461 g/mol. The van der Waals surface area contributed by atoms with E-state index in [1.165, 1.54) is 24.3 Å². The average Bonchev–Trinajstić information content (AvgIpc) is 2.88. The lowest BCUT2D eigenvalue weighted by Crippen LogP contribution is -2.42. The number of nitrogens with zero attached hydrogens (tertiary/aromatic N) is 3. The molecule has 4 rings (SSSR count). The van der Waals surface area contributed by atoms with Crippen molar-refractivity contribution in [2.45, 2.75) is 25.6 Å². The normalized spacial score (nSPS) is 16.0. The smallest absolute Gasteiger partial charge is 0.419 e. The summed E-state index contributed by atoms with van der Waals surface area (Å²) >= 11 is 0. The predicted molar refractivity (Wildman–Crippen MR) is 124 cm³/mol. The zero-order valence-electron chi connectivity index (χ0n) is 19.1. The molecule has 3 heterocycles. The molecule has 10 heteroatoms. The van der Waals surface area contributed by atoms with Crippen LogP contribution >= 0.6 is 0 Å². The van der Waals surface area contributed by atoms with Gasteiger partial charge in [-0.2, -0.15) is 13.2 Å². The van der Waals surface area contributed by atoms with Gasteiger partial charge in [-0.1, -0.05) is 6.07 Å². The molecule has 1 atom stereocenters. The second kappa shape index (κ2) is 10.6. The first kappa shape index (κ1) is 24.3. The van der Waals surface area contributed by atoms with Crippen molar-refractivity contribution < 1.29 is 27.4 Å². The minimum Gasteiger partial charge on any atom is -0.493 e. The van der Waals surface area contributed by atoms with E-state index in [-0.39, 0.29) is 24.9 Å². The Hall–Kier alpha value is -3.82. The molecule has 2 aromatic heterocycles. The van der Waals surface area contributed by atoms with Crippen LogP contribution in [-0.4, -0.2) is 36.1 Å². The molecule has 1 fully saturated rings. The van der Waals surface area contributed by atoms with E-state index in [9.17, 15) is 18.0 Å². The quantitative estimate of drug-likeness (QED) is 0.510. The molecule has 1 aliphatic rings. The van der Waals surface area contributed by atoms with Gasteiger partial charge in [-0.05, 0) is 43.2 Å². The van der Waals surface area contributed by atoms with Crippen molar-refractivity contribution in [1.29, 1.82) is 0 Å². The molecule has 1 N–H and O–H groups in total. The number of amides is 1. The summed E-state index contributed by atoms with van der Waals surface area (Å²) in [6, 6.07) is 11.0. The monoisotopic (exact) mass is 486 g/mol. The third-order valence-electron chi connectivity index (χ3n) is 5.73. The third kappa shape index (κ3) is 6.00. The maximum atomic E-state index is 13.4. The number of hydrogen-bond acceptors (Lipinski definition) is 6. The molecule has 0 spiro atoms. The van der Waals surface area contributed by atoms with E-state index >= 15 is 0 Å². The lowest BCUT2D eigenvalue weighted by Gasteiger charge is -2.34. The van der Waals surface area contributed by atoms with Gasteiger partial charge in [-0.15, -0.1) is 0 Å². The Balaban J connectivity index is 1.45. The fourth-order valence-corrected chi connectivity index (χ4v) is 4.01. The minimum atomic E-state index is -4.52. The predicted octanol–water partition coefficient (Wildman–Crippen LogP) is 4.94. The maximum absolute atomic E-state index is 13.4. The van der Waals surface area contributed by atoms with Gasteiger partial charge in [0, 0.05) is 49.0 Å². The zero-order valence-corrected chi connectivity index (χ0v) is 19.1. The highest BCUT2D eigenvalue weighted by Crippen LogP contribution is 2.37. The third-order valence-corrected chi connectivity index (χ3v) is 5.73. The van der Waals surface area contributed by atoms with E-state index in [4.69, 9.17) is 9.47 Å². The average molecular weight is 486 g/mol. The summed E-state index contributed by atoms with van der Waals surface area (Å²) in [6.45, 7) is 0.815. The fraction of sp³-hybridized carbons (Fsp3) is 0.320. The number of anilines is 2.